The van der Waals surface area contributed by atoms with E-state index < -0.39 is 0 Å². The lowest BCUT2D eigenvalue weighted by molar-refractivity contribution is 0.547. The lowest BCUT2D eigenvalue weighted by atomic mass is 9.95. The molecule has 0 fully saturated rings. The predicted octanol–water partition coefficient (Wildman–Crippen LogP) is 4.73. The molecule has 3 rings (SSSR count). The lowest BCUT2D eigenvalue weighted by Crippen LogP contribution is -2.10. The normalized spacial score (nSPS) is 20.5. The van der Waals surface area contributed by atoms with Gasteiger partial charge in [-0.25, -0.2) is 0 Å². The Labute approximate surface area is 135 Å². The van der Waals surface area contributed by atoms with Crippen molar-refractivity contribution in [1.29, 1.82) is 0 Å². The summed E-state index contributed by atoms with van der Waals surface area (Å²) in [4.78, 5) is 0. The molecule has 0 heterocycles. The van der Waals surface area contributed by atoms with E-state index in [4.69, 9.17) is 0 Å². The maximum atomic E-state index is 2.93. The lowest BCUT2D eigenvalue weighted by Gasteiger charge is -2.16. The third-order valence-electron chi connectivity index (χ3n) is 4.67. The molecule has 0 N–H and O–H groups in total. The van der Waals surface area contributed by atoms with Crippen molar-refractivity contribution in [3.63, 3.8) is 0 Å². The van der Waals surface area contributed by atoms with Crippen molar-refractivity contribution in [3.8, 4) is 11.1 Å². The maximum Gasteiger partial charge on any atom is -0.00899 e. The summed E-state index contributed by atoms with van der Waals surface area (Å²) in [6.07, 6.45) is 4.63. The Balaban J connectivity index is 1.93. The van der Waals surface area contributed by atoms with E-state index >= 15 is 0 Å². The van der Waals surface area contributed by atoms with E-state index in [1.165, 1.54) is 35.4 Å². The standard InChI is InChI=1S/C18H23P3/c19-9-12-1-3-13(4-2-12)14-5-6-17-15(7-14)8-16(10-20)18(17)11-21/h1-7,16,18H,8-11,19-21H2. The summed E-state index contributed by atoms with van der Waals surface area (Å²) in [7, 11) is 8.64. The van der Waals surface area contributed by atoms with Crippen LogP contribution in [0.15, 0.2) is 42.5 Å². The van der Waals surface area contributed by atoms with Gasteiger partial charge in [-0.1, -0.05) is 42.5 Å². The topological polar surface area (TPSA) is 0 Å². The number of hydrogen-bond acceptors (Lipinski definition) is 0. The molecular formula is C18H23P3. The van der Waals surface area contributed by atoms with Crippen LogP contribution in [-0.2, 0) is 12.6 Å². The van der Waals surface area contributed by atoms with Gasteiger partial charge in [0.2, 0.25) is 0 Å². The fourth-order valence-corrected chi connectivity index (χ4v) is 4.81. The molecule has 110 valence electrons. The Morgan fingerprint density at radius 1 is 0.857 bits per heavy atom. The predicted molar refractivity (Wildman–Crippen MR) is 104 cm³/mol. The molecule has 5 unspecified atom stereocenters. The second-order valence-electron chi connectivity index (χ2n) is 5.86. The minimum Gasteiger partial charge on any atom is -0.137 e. The van der Waals surface area contributed by atoms with Gasteiger partial charge in [0.25, 0.3) is 0 Å². The second-order valence-corrected chi connectivity index (χ2v) is 7.21. The zero-order valence-corrected chi connectivity index (χ0v) is 15.7. The Morgan fingerprint density at radius 2 is 1.57 bits per heavy atom. The van der Waals surface area contributed by atoms with Gasteiger partial charge in [-0.05, 0) is 64.6 Å². The zero-order valence-electron chi connectivity index (χ0n) is 12.3. The SMILES string of the molecule is PCc1ccc(-c2ccc3c(c2)CC(CP)C3CP)cc1. The third-order valence-corrected chi connectivity index (χ3v) is 6.26. The van der Waals surface area contributed by atoms with Gasteiger partial charge in [-0.15, -0.1) is 27.7 Å². The summed E-state index contributed by atoms with van der Waals surface area (Å²) < 4.78 is 0. The molecule has 3 heteroatoms. The molecule has 0 saturated heterocycles. The van der Waals surface area contributed by atoms with E-state index in [0.29, 0.717) is 0 Å². The minimum atomic E-state index is 0.719. The average molecular weight is 332 g/mol. The van der Waals surface area contributed by atoms with Crippen LogP contribution in [0.2, 0.25) is 0 Å². The van der Waals surface area contributed by atoms with E-state index in [-0.39, 0.29) is 0 Å². The van der Waals surface area contributed by atoms with Crippen molar-refractivity contribution >= 4 is 27.7 Å². The summed E-state index contributed by atoms with van der Waals surface area (Å²) >= 11 is 0. The highest BCUT2D eigenvalue weighted by atomic mass is 31.0. The van der Waals surface area contributed by atoms with Crippen molar-refractivity contribution in [3.05, 3.63) is 59.2 Å². The highest BCUT2D eigenvalue weighted by molar-refractivity contribution is 7.17. The van der Waals surface area contributed by atoms with Crippen molar-refractivity contribution in [1.82, 2.24) is 0 Å². The molecule has 2 aromatic carbocycles. The Hall–Kier alpha value is -0.270. The van der Waals surface area contributed by atoms with E-state index in [2.05, 4.69) is 70.2 Å². The first kappa shape index (κ1) is 15.6. The summed E-state index contributed by atoms with van der Waals surface area (Å²) in [6, 6.07) is 16.0. The van der Waals surface area contributed by atoms with Gasteiger partial charge in [0.05, 0.1) is 0 Å². The third kappa shape index (κ3) is 3.10. The van der Waals surface area contributed by atoms with Crippen LogP contribution in [0.3, 0.4) is 0 Å². The average Bonchev–Trinajstić information content (AvgIpc) is 2.91. The van der Waals surface area contributed by atoms with Crippen LogP contribution < -0.4 is 0 Å². The molecule has 0 bridgehead atoms. The molecule has 5 atom stereocenters. The molecule has 0 saturated carbocycles. The summed E-state index contributed by atoms with van der Waals surface area (Å²) in [6.45, 7) is 0. The van der Waals surface area contributed by atoms with Crippen LogP contribution in [0.1, 0.15) is 22.6 Å². The molecular weight excluding hydrogens is 309 g/mol. The molecule has 0 aliphatic heterocycles. The number of benzene rings is 2. The first-order valence-corrected chi connectivity index (χ1v) is 10.0. The minimum absolute atomic E-state index is 0.719. The zero-order chi connectivity index (χ0) is 14.8. The van der Waals surface area contributed by atoms with Crippen LogP contribution in [0, 0.1) is 5.92 Å². The van der Waals surface area contributed by atoms with Gasteiger partial charge in [0, 0.05) is 0 Å². The molecule has 0 spiro atoms. The summed E-state index contributed by atoms with van der Waals surface area (Å²) in [5.41, 5.74) is 7.19. The fraction of sp³-hybridized carbons (Fsp3) is 0.333. The largest absolute Gasteiger partial charge is 0.137 e. The second kappa shape index (κ2) is 6.87. The van der Waals surface area contributed by atoms with Crippen molar-refractivity contribution < 1.29 is 0 Å². The van der Waals surface area contributed by atoms with Crippen LogP contribution in [0.4, 0.5) is 0 Å². The fourth-order valence-electron chi connectivity index (χ4n) is 3.40. The molecule has 0 radical (unpaired) electrons. The van der Waals surface area contributed by atoms with Gasteiger partial charge >= 0.3 is 0 Å². The van der Waals surface area contributed by atoms with Crippen LogP contribution in [0.5, 0.6) is 0 Å². The summed E-state index contributed by atoms with van der Waals surface area (Å²) in [5, 5.41) is 0. The molecule has 2 aromatic rings. The van der Waals surface area contributed by atoms with Gasteiger partial charge in [0.15, 0.2) is 0 Å². The molecule has 21 heavy (non-hydrogen) atoms. The van der Waals surface area contributed by atoms with Crippen LogP contribution in [-0.4, -0.2) is 12.3 Å². The molecule has 0 amide bonds. The van der Waals surface area contributed by atoms with Crippen molar-refractivity contribution in [2.75, 3.05) is 12.3 Å². The highest BCUT2D eigenvalue weighted by Gasteiger charge is 2.30. The molecule has 1 aliphatic carbocycles. The highest BCUT2D eigenvalue weighted by Crippen LogP contribution is 2.41. The van der Waals surface area contributed by atoms with Gasteiger partial charge in [-0.2, -0.15) is 0 Å². The van der Waals surface area contributed by atoms with Gasteiger partial charge in [0.1, 0.15) is 0 Å². The first-order valence-electron chi connectivity index (χ1n) is 7.59. The van der Waals surface area contributed by atoms with E-state index in [9.17, 15) is 0 Å². The first-order chi connectivity index (χ1) is 10.3. The van der Waals surface area contributed by atoms with Crippen molar-refractivity contribution in [2.45, 2.75) is 18.5 Å². The molecule has 0 aromatic heterocycles. The Bertz CT molecular complexity index is 619. The molecule has 1 aliphatic rings. The van der Waals surface area contributed by atoms with Gasteiger partial charge < -0.3 is 0 Å². The smallest absolute Gasteiger partial charge is 0.00899 e. The van der Waals surface area contributed by atoms with E-state index in [1.807, 2.05) is 0 Å². The Kier molecular flexibility index (Phi) is 5.11. The van der Waals surface area contributed by atoms with Gasteiger partial charge in [-0.3, -0.25) is 0 Å². The van der Waals surface area contributed by atoms with E-state index in [0.717, 1.165) is 18.0 Å². The maximum absolute atomic E-state index is 2.93. The Morgan fingerprint density at radius 3 is 2.19 bits per heavy atom. The quantitative estimate of drug-likeness (QED) is 0.710. The van der Waals surface area contributed by atoms with Crippen LogP contribution >= 0.6 is 27.7 Å². The van der Waals surface area contributed by atoms with Crippen LogP contribution in [0.25, 0.3) is 11.1 Å². The molecule has 0 nitrogen and oxygen atoms in total. The number of rotatable bonds is 4. The summed E-state index contributed by atoms with van der Waals surface area (Å²) in [5.74, 6) is 1.51. The van der Waals surface area contributed by atoms with E-state index in [1.54, 1.807) is 11.1 Å². The number of hydrogen-bond donors (Lipinski definition) is 0. The van der Waals surface area contributed by atoms with Crippen molar-refractivity contribution in [2.24, 2.45) is 5.92 Å². The monoisotopic (exact) mass is 332 g/mol. The number of fused-ring (bicyclic) bond motifs is 1.